The molecule has 0 spiro atoms. The Bertz CT molecular complexity index is 507. The topological polar surface area (TPSA) is 72.0 Å². The lowest BCUT2D eigenvalue weighted by molar-refractivity contribution is 0.509. The lowest BCUT2D eigenvalue weighted by atomic mass is 10.5. The van der Waals surface area contributed by atoms with Crippen molar-refractivity contribution in [1.29, 1.82) is 0 Å². The summed E-state index contributed by atoms with van der Waals surface area (Å²) in [6, 6.07) is 7.09. The number of isocyanates is 2. The normalized spacial score (nSPS) is 8.24. The van der Waals surface area contributed by atoms with E-state index in [4.69, 9.17) is 4.42 Å². The van der Waals surface area contributed by atoms with Crippen LogP contribution in [0.4, 0.5) is 5.00 Å². The third-order valence-electron chi connectivity index (χ3n) is 1.54. The number of carbonyl (C=O) groups excluding carboxylic acids is 2. The number of furan rings is 1. The highest BCUT2D eigenvalue weighted by Crippen LogP contribution is 2.17. The van der Waals surface area contributed by atoms with Gasteiger partial charge in [0.25, 0.3) is 0 Å². The zero-order chi connectivity index (χ0) is 12.3. The van der Waals surface area contributed by atoms with Gasteiger partial charge in [-0.05, 0) is 29.6 Å². The van der Waals surface area contributed by atoms with Crippen LogP contribution in [0.15, 0.2) is 50.3 Å². The van der Waals surface area contributed by atoms with Crippen LogP contribution in [0.2, 0.25) is 0 Å². The quantitative estimate of drug-likeness (QED) is 0.619. The number of rotatable bonds is 3. The molecule has 0 aliphatic rings. The molecule has 86 valence electrons. The van der Waals surface area contributed by atoms with E-state index < -0.39 is 0 Å². The molecule has 0 aliphatic heterocycles. The van der Waals surface area contributed by atoms with E-state index in [-0.39, 0.29) is 6.54 Å². The van der Waals surface area contributed by atoms with Crippen LogP contribution >= 0.6 is 11.3 Å². The first-order chi connectivity index (χ1) is 8.36. The summed E-state index contributed by atoms with van der Waals surface area (Å²) in [5.41, 5.74) is 0. The Hall–Kier alpha value is -2.26. The molecule has 0 N–H and O–H groups in total. The average molecular weight is 248 g/mol. The number of nitrogens with zero attached hydrogens (tertiary/aromatic N) is 2. The smallest absolute Gasteiger partial charge is 0.241 e. The Morgan fingerprint density at radius 3 is 2.65 bits per heavy atom. The fraction of sp³-hybridized carbons (Fsp3) is 0.0909. The number of hydrogen-bond acceptors (Lipinski definition) is 6. The van der Waals surface area contributed by atoms with Crippen LogP contribution in [0, 0.1) is 0 Å². The largest absolute Gasteiger partial charge is 0.467 e. The van der Waals surface area contributed by atoms with E-state index in [1.54, 1.807) is 18.2 Å². The van der Waals surface area contributed by atoms with Gasteiger partial charge < -0.3 is 4.42 Å². The van der Waals surface area contributed by atoms with Crippen molar-refractivity contribution in [2.24, 2.45) is 9.98 Å². The fourth-order valence-corrected chi connectivity index (χ4v) is 1.43. The summed E-state index contributed by atoms with van der Waals surface area (Å²) in [5, 5.41) is 2.57. The molecule has 0 fully saturated rings. The van der Waals surface area contributed by atoms with Crippen LogP contribution < -0.4 is 0 Å². The van der Waals surface area contributed by atoms with Crippen LogP contribution in [-0.2, 0) is 16.1 Å². The van der Waals surface area contributed by atoms with Crippen molar-refractivity contribution in [3.8, 4) is 0 Å². The van der Waals surface area contributed by atoms with Gasteiger partial charge in [-0.15, -0.1) is 11.3 Å². The highest BCUT2D eigenvalue weighted by Gasteiger charge is 1.89. The van der Waals surface area contributed by atoms with Crippen molar-refractivity contribution >= 4 is 28.5 Å². The van der Waals surface area contributed by atoms with Gasteiger partial charge in [-0.2, -0.15) is 9.98 Å². The molecule has 0 saturated carbocycles. The van der Waals surface area contributed by atoms with Gasteiger partial charge in [0.2, 0.25) is 12.2 Å². The van der Waals surface area contributed by atoms with Crippen molar-refractivity contribution in [3.05, 3.63) is 41.7 Å². The van der Waals surface area contributed by atoms with Crippen LogP contribution in [0.25, 0.3) is 0 Å². The molecule has 0 aliphatic carbocycles. The highest BCUT2D eigenvalue weighted by atomic mass is 32.1. The first kappa shape index (κ1) is 12.8. The summed E-state index contributed by atoms with van der Waals surface area (Å²) in [4.78, 5) is 25.8. The maximum absolute atomic E-state index is 9.59. The highest BCUT2D eigenvalue weighted by molar-refractivity contribution is 7.13. The summed E-state index contributed by atoms with van der Waals surface area (Å²) in [7, 11) is 0. The molecule has 2 rings (SSSR count). The monoisotopic (exact) mass is 248 g/mol. The zero-order valence-electron chi connectivity index (χ0n) is 8.70. The molecule has 0 unspecified atom stereocenters. The molecule has 2 aromatic heterocycles. The lowest BCUT2D eigenvalue weighted by Crippen LogP contribution is -1.71. The molecule has 6 heteroatoms. The Morgan fingerprint density at radius 2 is 2.12 bits per heavy atom. The molecule has 0 bridgehead atoms. The SMILES string of the molecule is O=C=NCc1ccco1.O=C=Nc1cccs1. The minimum Gasteiger partial charge on any atom is -0.467 e. The van der Waals surface area contributed by atoms with E-state index in [2.05, 4.69) is 9.98 Å². The fourth-order valence-electron chi connectivity index (χ4n) is 0.891. The second kappa shape index (κ2) is 7.96. The molecular formula is C11H8N2O3S. The van der Waals surface area contributed by atoms with Gasteiger partial charge in [0.1, 0.15) is 17.3 Å². The number of hydrogen-bond donors (Lipinski definition) is 0. The Labute approximate surface area is 101 Å². The molecule has 0 saturated heterocycles. The third kappa shape index (κ3) is 5.39. The van der Waals surface area contributed by atoms with E-state index in [0.717, 1.165) is 0 Å². The average Bonchev–Trinajstić information content (AvgIpc) is 3.00. The standard InChI is InChI=1S/C6H5NO2.C5H3NOS/c8-5-7-4-6-2-1-3-9-6;7-4-6-5-2-1-3-8-5/h1-3H,4H2;1-3H. The minimum atomic E-state index is 0.288. The van der Waals surface area contributed by atoms with Gasteiger partial charge in [-0.1, -0.05) is 0 Å². The molecule has 2 aromatic rings. The van der Waals surface area contributed by atoms with E-state index >= 15 is 0 Å². The first-order valence-electron chi connectivity index (χ1n) is 4.54. The predicted molar refractivity (Wildman–Crippen MR) is 62.6 cm³/mol. The second-order valence-corrected chi connectivity index (χ2v) is 3.57. The van der Waals surface area contributed by atoms with Gasteiger partial charge >= 0.3 is 0 Å². The van der Waals surface area contributed by atoms with Gasteiger partial charge in [-0.3, -0.25) is 0 Å². The van der Waals surface area contributed by atoms with E-state index in [0.29, 0.717) is 10.8 Å². The molecule has 0 amide bonds. The van der Waals surface area contributed by atoms with Crippen molar-refractivity contribution in [2.45, 2.75) is 6.54 Å². The van der Waals surface area contributed by atoms with Crippen LogP contribution in [0.5, 0.6) is 0 Å². The number of aliphatic imine (C=N–C) groups is 2. The summed E-state index contributed by atoms with van der Waals surface area (Å²) in [5.74, 6) is 0.679. The Morgan fingerprint density at radius 1 is 1.24 bits per heavy atom. The Balaban J connectivity index is 0.000000171. The molecule has 0 radical (unpaired) electrons. The third-order valence-corrected chi connectivity index (χ3v) is 2.30. The summed E-state index contributed by atoms with van der Waals surface area (Å²) >= 11 is 1.42. The number of thiophene rings is 1. The minimum absolute atomic E-state index is 0.288. The summed E-state index contributed by atoms with van der Waals surface area (Å²) in [6.45, 7) is 0.288. The zero-order valence-corrected chi connectivity index (χ0v) is 9.52. The van der Waals surface area contributed by atoms with Crippen LogP contribution in [0.3, 0.4) is 0 Å². The van der Waals surface area contributed by atoms with Crippen molar-refractivity contribution in [3.63, 3.8) is 0 Å². The predicted octanol–water partition coefficient (Wildman–Crippen LogP) is 2.83. The maximum atomic E-state index is 9.59. The second-order valence-electron chi connectivity index (χ2n) is 2.64. The first-order valence-corrected chi connectivity index (χ1v) is 5.42. The van der Waals surface area contributed by atoms with Gasteiger partial charge in [0.05, 0.1) is 6.26 Å². The Kier molecular flexibility index (Phi) is 6.00. The van der Waals surface area contributed by atoms with Crippen LogP contribution in [0.1, 0.15) is 5.76 Å². The van der Waals surface area contributed by atoms with Crippen molar-refractivity contribution in [1.82, 2.24) is 0 Å². The summed E-state index contributed by atoms with van der Waals surface area (Å²) < 4.78 is 4.86. The van der Waals surface area contributed by atoms with E-state index in [1.807, 2.05) is 11.4 Å². The molecule has 5 nitrogen and oxygen atoms in total. The van der Waals surface area contributed by atoms with E-state index in [9.17, 15) is 9.59 Å². The van der Waals surface area contributed by atoms with Gasteiger partial charge in [0.15, 0.2) is 0 Å². The summed E-state index contributed by atoms with van der Waals surface area (Å²) in [6.07, 6.45) is 4.41. The molecular weight excluding hydrogens is 240 g/mol. The molecule has 0 atom stereocenters. The van der Waals surface area contributed by atoms with Gasteiger partial charge in [0, 0.05) is 0 Å². The van der Waals surface area contributed by atoms with Crippen molar-refractivity contribution < 1.29 is 14.0 Å². The van der Waals surface area contributed by atoms with E-state index in [1.165, 1.54) is 29.8 Å². The molecule has 0 aromatic carbocycles. The van der Waals surface area contributed by atoms with Gasteiger partial charge in [-0.25, -0.2) is 9.59 Å². The lowest BCUT2D eigenvalue weighted by Gasteiger charge is -1.80. The van der Waals surface area contributed by atoms with Crippen LogP contribution in [-0.4, -0.2) is 12.2 Å². The van der Waals surface area contributed by atoms with Crippen molar-refractivity contribution in [2.75, 3.05) is 0 Å². The molecule has 2 heterocycles. The maximum Gasteiger partial charge on any atom is 0.241 e. The molecule has 17 heavy (non-hydrogen) atoms.